The molecule has 30 heavy (non-hydrogen) atoms. The summed E-state index contributed by atoms with van der Waals surface area (Å²) in [4.78, 5) is 43.8. The smallest absolute Gasteiger partial charge is 0.472 e. The van der Waals surface area contributed by atoms with Gasteiger partial charge in [-0.2, -0.15) is 0 Å². The van der Waals surface area contributed by atoms with Gasteiger partial charge in [0.2, 0.25) is 0 Å². The third-order valence-corrected chi connectivity index (χ3v) is 4.78. The van der Waals surface area contributed by atoms with Crippen LogP contribution < -0.4 is 5.73 Å². The summed E-state index contributed by atoms with van der Waals surface area (Å²) in [5.74, 6) is -2.47. The fourth-order valence-electron chi connectivity index (χ4n) is 2.16. The minimum Gasteiger partial charge on any atom is -0.480 e. The van der Waals surface area contributed by atoms with Crippen LogP contribution in [0.3, 0.4) is 0 Å². The molecule has 0 saturated heterocycles. The van der Waals surface area contributed by atoms with Crippen molar-refractivity contribution in [3.63, 3.8) is 0 Å². The van der Waals surface area contributed by atoms with Gasteiger partial charge in [0.05, 0.1) is 13.2 Å². The predicted octanol–water partition coefficient (Wildman–Crippen LogP) is 2.15. The van der Waals surface area contributed by atoms with Gasteiger partial charge in [0.15, 0.2) is 6.10 Å². The monoisotopic (exact) mass is 455 g/mol. The number of hydrogen-bond acceptors (Lipinski definition) is 9. The molecule has 0 radical (unpaired) electrons. The van der Waals surface area contributed by atoms with Crippen molar-refractivity contribution < 1.29 is 47.5 Å². The average Bonchev–Trinajstić information content (AvgIpc) is 2.68. The van der Waals surface area contributed by atoms with Gasteiger partial charge in [-0.05, 0) is 12.8 Å². The van der Waals surface area contributed by atoms with E-state index in [-0.39, 0.29) is 19.4 Å². The van der Waals surface area contributed by atoms with Crippen LogP contribution in [-0.2, 0) is 37.5 Å². The van der Waals surface area contributed by atoms with Crippen molar-refractivity contribution in [1.82, 2.24) is 0 Å². The minimum atomic E-state index is -4.65. The second-order valence-electron chi connectivity index (χ2n) is 6.71. The minimum absolute atomic E-state index is 0.157. The molecule has 3 atom stereocenters. The Kier molecular flexibility index (Phi) is 15.4. The number of hydrogen-bond donors (Lipinski definition) is 3. The summed E-state index contributed by atoms with van der Waals surface area (Å²) in [6.45, 7) is 2.18. The summed E-state index contributed by atoms with van der Waals surface area (Å²) in [6, 6.07) is -1.51. The maximum absolute atomic E-state index is 12.0. The van der Waals surface area contributed by atoms with Gasteiger partial charge in [0.25, 0.3) is 0 Å². The number of carbonyl (C=O) groups excluding carboxylic acids is 2. The molecule has 0 aromatic heterocycles. The number of unbranched alkanes of at least 4 members (excludes halogenated alkanes) is 4. The summed E-state index contributed by atoms with van der Waals surface area (Å²) in [5, 5.41) is 8.66. The van der Waals surface area contributed by atoms with E-state index in [2.05, 4.69) is 11.4 Å². The van der Waals surface area contributed by atoms with Crippen LogP contribution in [0.2, 0.25) is 0 Å². The number of carboxylic acids is 1. The highest BCUT2D eigenvalue weighted by Gasteiger charge is 2.28. The predicted molar refractivity (Wildman–Crippen MR) is 106 cm³/mol. The fourth-order valence-corrected chi connectivity index (χ4v) is 2.93. The quantitative estimate of drug-likeness (QED) is 0.157. The van der Waals surface area contributed by atoms with Crippen LogP contribution in [0.1, 0.15) is 65.2 Å². The number of ether oxygens (including phenoxy) is 2. The van der Waals surface area contributed by atoms with Crippen LogP contribution >= 0.6 is 7.82 Å². The van der Waals surface area contributed by atoms with E-state index >= 15 is 0 Å². The highest BCUT2D eigenvalue weighted by molar-refractivity contribution is 7.47. The van der Waals surface area contributed by atoms with E-state index in [4.69, 9.17) is 24.8 Å². The van der Waals surface area contributed by atoms with Crippen LogP contribution in [0.15, 0.2) is 0 Å². The van der Waals surface area contributed by atoms with Gasteiger partial charge in [-0.15, -0.1) is 0 Å². The number of esters is 2. The Labute approximate surface area is 176 Å². The first-order valence-electron chi connectivity index (χ1n) is 10.1. The lowest BCUT2D eigenvalue weighted by atomic mass is 10.1. The van der Waals surface area contributed by atoms with E-state index in [0.29, 0.717) is 12.8 Å². The Morgan fingerprint density at radius 3 is 2.13 bits per heavy atom. The van der Waals surface area contributed by atoms with E-state index in [9.17, 15) is 23.8 Å². The molecule has 0 aliphatic rings. The fraction of sp³-hybridized carbons (Fsp3) is 0.833. The summed E-state index contributed by atoms with van der Waals surface area (Å²) in [7, 11) is -4.65. The van der Waals surface area contributed by atoms with Crippen molar-refractivity contribution in [2.75, 3.05) is 19.8 Å². The van der Waals surface area contributed by atoms with Gasteiger partial charge >= 0.3 is 25.7 Å². The van der Waals surface area contributed by atoms with Crippen molar-refractivity contribution in [1.29, 1.82) is 0 Å². The van der Waals surface area contributed by atoms with E-state index < -0.39 is 51.1 Å². The Balaban J connectivity index is 4.63. The molecule has 0 bridgehead atoms. The van der Waals surface area contributed by atoms with Crippen molar-refractivity contribution in [3.8, 4) is 0 Å². The third kappa shape index (κ3) is 15.3. The zero-order valence-corrected chi connectivity index (χ0v) is 18.5. The molecule has 0 amide bonds. The van der Waals surface area contributed by atoms with Gasteiger partial charge in [-0.1, -0.05) is 39.5 Å². The number of aliphatic carboxylic acids is 1. The highest BCUT2D eigenvalue weighted by Crippen LogP contribution is 2.43. The number of rotatable bonds is 18. The lowest BCUT2D eigenvalue weighted by molar-refractivity contribution is -0.161. The van der Waals surface area contributed by atoms with Crippen LogP contribution in [0.5, 0.6) is 0 Å². The summed E-state index contributed by atoms with van der Waals surface area (Å²) >= 11 is 0. The second kappa shape index (κ2) is 16.2. The molecule has 0 aromatic carbocycles. The number of carboxylic acid groups (broad SMARTS) is 1. The molecule has 176 valence electrons. The Morgan fingerprint density at radius 1 is 0.900 bits per heavy atom. The molecule has 0 aliphatic heterocycles. The first-order valence-corrected chi connectivity index (χ1v) is 11.6. The summed E-state index contributed by atoms with van der Waals surface area (Å²) in [5.41, 5.74) is 5.19. The normalized spacial score (nSPS) is 15.1. The lowest BCUT2D eigenvalue weighted by Crippen LogP contribution is -2.34. The zero-order valence-electron chi connectivity index (χ0n) is 17.6. The van der Waals surface area contributed by atoms with Crippen molar-refractivity contribution in [2.24, 2.45) is 5.73 Å². The first kappa shape index (κ1) is 28.5. The van der Waals surface area contributed by atoms with E-state index in [1.165, 1.54) is 0 Å². The van der Waals surface area contributed by atoms with E-state index in [0.717, 1.165) is 25.7 Å². The highest BCUT2D eigenvalue weighted by atomic mass is 31.2. The van der Waals surface area contributed by atoms with Crippen molar-refractivity contribution >= 4 is 25.7 Å². The molecule has 0 fully saturated rings. The van der Waals surface area contributed by atoms with E-state index in [1.807, 2.05) is 0 Å². The Bertz CT molecular complexity index is 571. The molecular weight excluding hydrogens is 421 g/mol. The largest absolute Gasteiger partial charge is 0.480 e. The number of phosphoric acid groups is 1. The molecule has 0 aromatic rings. The SMILES string of the molecule is CCCCCCCC(=O)OC(COC(=O)CCC)COP(=O)(O)OCC(N)C(=O)O. The third-order valence-electron chi connectivity index (χ3n) is 3.82. The van der Waals surface area contributed by atoms with Crippen LogP contribution in [0.25, 0.3) is 0 Å². The molecule has 11 nitrogen and oxygen atoms in total. The van der Waals surface area contributed by atoms with Gasteiger partial charge in [-0.25, -0.2) is 4.57 Å². The summed E-state index contributed by atoms with van der Waals surface area (Å²) < 4.78 is 31.3. The molecule has 0 saturated carbocycles. The Morgan fingerprint density at radius 2 is 1.53 bits per heavy atom. The first-order chi connectivity index (χ1) is 14.1. The maximum Gasteiger partial charge on any atom is 0.472 e. The van der Waals surface area contributed by atoms with Gasteiger partial charge < -0.3 is 25.2 Å². The molecule has 0 spiro atoms. The van der Waals surface area contributed by atoms with Crippen LogP contribution in [0.4, 0.5) is 0 Å². The van der Waals surface area contributed by atoms with Crippen molar-refractivity contribution in [2.45, 2.75) is 77.4 Å². The Hall–Kier alpha value is -1.52. The molecule has 0 aliphatic carbocycles. The lowest BCUT2D eigenvalue weighted by Gasteiger charge is -2.20. The molecule has 12 heteroatoms. The molecule has 0 rings (SSSR count). The molecular formula is C18H34NO10P. The molecule has 0 heterocycles. The summed E-state index contributed by atoms with van der Waals surface area (Å²) in [6.07, 6.45) is 4.46. The van der Waals surface area contributed by atoms with Gasteiger partial charge in [0.1, 0.15) is 12.6 Å². The maximum atomic E-state index is 12.0. The van der Waals surface area contributed by atoms with Crippen molar-refractivity contribution in [3.05, 3.63) is 0 Å². The van der Waals surface area contributed by atoms with Crippen LogP contribution in [-0.4, -0.2) is 59.9 Å². The van der Waals surface area contributed by atoms with Crippen LogP contribution in [0, 0.1) is 0 Å². The average molecular weight is 455 g/mol. The number of nitrogens with two attached hydrogens (primary N) is 1. The number of phosphoric ester groups is 1. The molecule has 3 unspecified atom stereocenters. The second-order valence-corrected chi connectivity index (χ2v) is 8.17. The zero-order chi connectivity index (χ0) is 23.0. The topological polar surface area (TPSA) is 172 Å². The van der Waals surface area contributed by atoms with E-state index in [1.54, 1.807) is 6.92 Å². The number of carbonyl (C=O) groups is 3. The molecule has 4 N–H and O–H groups in total. The van der Waals surface area contributed by atoms with Gasteiger partial charge in [0, 0.05) is 12.8 Å². The standard InChI is InChI=1S/C18H34NO10P/c1-3-5-6-7-8-10-17(21)29-14(11-26-16(20)9-4-2)12-27-30(24,25)28-13-15(19)18(22)23/h14-15H,3-13,19H2,1-2H3,(H,22,23)(H,24,25). The van der Waals surface area contributed by atoms with Gasteiger partial charge in [-0.3, -0.25) is 23.4 Å².